The number of ether oxygens (including phenoxy) is 1. The van der Waals surface area contributed by atoms with Crippen LogP contribution < -0.4 is 4.74 Å². The minimum atomic E-state index is -3.60. The van der Waals surface area contributed by atoms with Gasteiger partial charge in [-0.15, -0.1) is 0 Å². The molecule has 10 heteroatoms. The lowest BCUT2D eigenvalue weighted by Crippen LogP contribution is -2.39. The second kappa shape index (κ2) is 8.28. The number of aromatic nitrogens is 2. The van der Waals surface area contributed by atoms with Crippen molar-refractivity contribution < 1.29 is 17.9 Å². The first-order valence-corrected chi connectivity index (χ1v) is 10.3. The molecule has 1 fully saturated rings. The van der Waals surface area contributed by atoms with Crippen LogP contribution in [0.3, 0.4) is 0 Å². The van der Waals surface area contributed by atoms with Gasteiger partial charge in [0.05, 0.1) is 6.20 Å². The standard InChI is InChI=1S/C17H21ClN4O4S/c1-20-12-16(11-19-20)27(24,25)22-8-2-7-21(9-10-22)17(23)13-26-15-5-3-14(18)4-6-15/h3-6,11-12H,2,7-10,13H2,1H3. The average molecular weight is 413 g/mol. The van der Waals surface area contributed by atoms with Crippen LogP contribution in [0.1, 0.15) is 6.42 Å². The summed E-state index contributed by atoms with van der Waals surface area (Å²) in [6.45, 7) is 1.31. The highest BCUT2D eigenvalue weighted by Gasteiger charge is 2.29. The van der Waals surface area contributed by atoms with Gasteiger partial charge >= 0.3 is 0 Å². The molecular weight excluding hydrogens is 392 g/mol. The molecule has 0 bridgehead atoms. The second-order valence-corrected chi connectivity index (χ2v) is 8.61. The molecule has 0 atom stereocenters. The topological polar surface area (TPSA) is 84.7 Å². The Hall–Kier alpha value is -2.10. The highest BCUT2D eigenvalue weighted by molar-refractivity contribution is 7.89. The molecule has 0 N–H and O–H groups in total. The van der Waals surface area contributed by atoms with Gasteiger partial charge in [-0.05, 0) is 30.7 Å². The molecule has 146 valence electrons. The summed E-state index contributed by atoms with van der Waals surface area (Å²) in [5.74, 6) is 0.383. The average Bonchev–Trinajstić information content (AvgIpc) is 2.93. The Morgan fingerprint density at radius 1 is 1.19 bits per heavy atom. The van der Waals surface area contributed by atoms with Crippen LogP contribution >= 0.6 is 11.6 Å². The number of amides is 1. The molecule has 1 aliphatic rings. The Morgan fingerprint density at radius 3 is 2.59 bits per heavy atom. The van der Waals surface area contributed by atoms with Crippen molar-refractivity contribution in [2.75, 3.05) is 32.8 Å². The summed E-state index contributed by atoms with van der Waals surface area (Å²) in [6.07, 6.45) is 3.37. The minimum absolute atomic E-state index is 0.100. The van der Waals surface area contributed by atoms with Gasteiger partial charge in [0.15, 0.2) is 6.61 Å². The Bertz CT molecular complexity index is 898. The van der Waals surface area contributed by atoms with E-state index >= 15 is 0 Å². The van der Waals surface area contributed by atoms with Crippen molar-refractivity contribution in [1.29, 1.82) is 0 Å². The molecule has 1 amide bonds. The molecule has 1 aromatic carbocycles. The van der Waals surface area contributed by atoms with Crippen molar-refractivity contribution in [3.8, 4) is 5.75 Å². The number of nitrogens with zero attached hydrogens (tertiary/aromatic N) is 4. The molecule has 1 saturated heterocycles. The lowest BCUT2D eigenvalue weighted by Gasteiger charge is -2.21. The first-order valence-electron chi connectivity index (χ1n) is 8.51. The third kappa shape index (κ3) is 4.79. The normalized spacial score (nSPS) is 16.1. The second-order valence-electron chi connectivity index (χ2n) is 6.23. The summed E-state index contributed by atoms with van der Waals surface area (Å²) in [4.78, 5) is 14.2. The first-order chi connectivity index (χ1) is 12.9. The molecule has 1 aromatic heterocycles. The smallest absolute Gasteiger partial charge is 0.260 e. The zero-order valence-corrected chi connectivity index (χ0v) is 16.5. The van der Waals surface area contributed by atoms with E-state index in [1.807, 2.05) is 0 Å². The van der Waals surface area contributed by atoms with Gasteiger partial charge in [-0.25, -0.2) is 8.42 Å². The molecule has 1 aliphatic heterocycles. The molecule has 2 aromatic rings. The van der Waals surface area contributed by atoms with Crippen molar-refractivity contribution >= 4 is 27.5 Å². The summed E-state index contributed by atoms with van der Waals surface area (Å²) < 4.78 is 33.7. The SMILES string of the molecule is Cn1cc(S(=O)(=O)N2CCCN(C(=O)COc3ccc(Cl)cc3)CC2)cn1. The number of halogens is 1. The summed E-state index contributed by atoms with van der Waals surface area (Å²) >= 11 is 5.82. The van der Waals surface area contributed by atoms with Crippen molar-refractivity contribution in [1.82, 2.24) is 19.0 Å². The van der Waals surface area contributed by atoms with Crippen molar-refractivity contribution in [2.45, 2.75) is 11.3 Å². The molecule has 3 rings (SSSR count). The Balaban J connectivity index is 1.57. The summed E-state index contributed by atoms with van der Waals surface area (Å²) in [5.41, 5.74) is 0. The third-order valence-corrected chi connectivity index (χ3v) is 6.41. The van der Waals surface area contributed by atoms with E-state index in [1.54, 1.807) is 36.2 Å². The Kier molecular flexibility index (Phi) is 6.03. The van der Waals surface area contributed by atoms with E-state index in [4.69, 9.17) is 16.3 Å². The Morgan fingerprint density at radius 2 is 1.93 bits per heavy atom. The lowest BCUT2D eigenvalue weighted by molar-refractivity contribution is -0.133. The van der Waals surface area contributed by atoms with E-state index in [-0.39, 0.29) is 24.0 Å². The fourth-order valence-corrected chi connectivity index (χ4v) is 4.41. The van der Waals surface area contributed by atoms with Gasteiger partial charge in [-0.1, -0.05) is 11.6 Å². The van der Waals surface area contributed by atoms with Gasteiger partial charge in [0, 0.05) is 44.4 Å². The largest absolute Gasteiger partial charge is 0.484 e. The number of carbonyl (C=O) groups excluding carboxylic acids is 1. The first kappa shape index (κ1) is 19.7. The summed E-state index contributed by atoms with van der Waals surface area (Å²) in [6, 6.07) is 6.77. The molecule has 27 heavy (non-hydrogen) atoms. The van der Waals surface area contributed by atoms with Gasteiger partial charge in [0.1, 0.15) is 10.6 Å². The van der Waals surface area contributed by atoms with Crippen molar-refractivity contribution in [3.63, 3.8) is 0 Å². The molecule has 0 saturated carbocycles. The quantitative estimate of drug-likeness (QED) is 0.740. The molecule has 0 unspecified atom stereocenters. The van der Waals surface area contributed by atoms with Crippen LogP contribution in [0.2, 0.25) is 5.02 Å². The fraction of sp³-hybridized carbons (Fsp3) is 0.412. The zero-order valence-electron chi connectivity index (χ0n) is 14.9. The van der Waals surface area contributed by atoms with E-state index in [9.17, 15) is 13.2 Å². The van der Waals surface area contributed by atoms with Gasteiger partial charge < -0.3 is 9.64 Å². The van der Waals surface area contributed by atoms with Gasteiger partial charge in [0.2, 0.25) is 10.0 Å². The van der Waals surface area contributed by atoms with Crippen LogP contribution in [0.25, 0.3) is 0 Å². The van der Waals surface area contributed by atoms with E-state index in [0.29, 0.717) is 36.8 Å². The number of rotatable bonds is 5. The predicted molar refractivity (Wildman–Crippen MR) is 100 cm³/mol. The van der Waals surface area contributed by atoms with E-state index in [1.165, 1.54) is 21.4 Å². The number of benzene rings is 1. The molecule has 0 spiro atoms. The van der Waals surface area contributed by atoms with Crippen LogP contribution in [0.4, 0.5) is 0 Å². The zero-order chi connectivity index (χ0) is 19.4. The predicted octanol–water partition coefficient (Wildman–Crippen LogP) is 1.38. The van der Waals surface area contributed by atoms with Crippen LogP contribution in [-0.4, -0.2) is 66.1 Å². The van der Waals surface area contributed by atoms with Crippen molar-refractivity contribution in [3.05, 3.63) is 41.7 Å². The number of hydrogen-bond acceptors (Lipinski definition) is 5. The fourth-order valence-electron chi connectivity index (χ4n) is 2.83. The van der Waals surface area contributed by atoms with Gasteiger partial charge in [-0.3, -0.25) is 9.48 Å². The molecule has 0 radical (unpaired) electrons. The maximum Gasteiger partial charge on any atom is 0.260 e. The number of carbonyl (C=O) groups is 1. The summed E-state index contributed by atoms with van der Waals surface area (Å²) in [5, 5.41) is 4.52. The van der Waals surface area contributed by atoms with E-state index < -0.39 is 10.0 Å². The van der Waals surface area contributed by atoms with Crippen LogP contribution in [-0.2, 0) is 21.9 Å². The van der Waals surface area contributed by atoms with E-state index in [2.05, 4.69) is 5.10 Å². The number of hydrogen-bond donors (Lipinski definition) is 0. The Labute approximate surface area is 163 Å². The van der Waals surface area contributed by atoms with Crippen LogP contribution in [0, 0.1) is 0 Å². The van der Waals surface area contributed by atoms with Crippen LogP contribution in [0.15, 0.2) is 41.6 Å². The van der Waals surface area contributed by atoms with Gasteiger partial charge in [0.25, 0.3) is 5.91 Å². The number of sulfonamides is 1. The maximum atomic E-state index is 12.7. The number of aryl methyl sites for hydroxylation is 1. The molecule has 8 nitrogen and oxygen atoms in total. The highest BCUT2D eigenvalue weighted by Crippen LogP contribution is 2.18. The molecule has 0 aliphatic carbocycles. The lowest BCUT2D eigenvalue weighted by atomic mass is 10.3. The van der Waals surface area contributed by atoms with E-state index in [0.717, 1.165) is 0 Å². The molecular formula is C17H21ClN4O4S. The maximum absolute atomic E-state index is 12.7. The monoisotopic (exact) mass is 412 g/mol. The van der Waals surface area contributed by atoms with Crippen LogP contribution in [0.5, 0.6) is 5.75 Å². The van der Waals surface area contributed by atoms with Gasteiger partial charge in [-0.2, -0.15) is 9.40 Å². The molecule has 2 heterocycles. The minimum Gasteiger partial charge on any atom is -0.484 e. The summed E-state index contributed by atoms with van der Waals surface area (Å²) in [7, 11) is -1.94. The highest BCUT2D eigenvalue weighted by atomic mass is 35.5. The van der Waals surface area contributed by atoms with Crippen molar-refractivity contribution in [2.24, 2.45) is 7.05 Å². The third-order valence-electron chi connectivity index (χ3n) is 4.30.